The summed E-state index contributed by atoms with van der Waals surface area (Å²) < 4.78 is 16.3. The SMILES string of the molecule is COc1cc(C#N)ccc1OC(=O)CC1OCCc2ccccc21. The Morgan fingerprint density at radius 3 is 2.92 bits per heavy atom. The highest BCUT2D eigenvalue weighted by atomic mass is 16.6. The van der Waals surface area contributed by atoms with Crippen LogP contribution in [0.5, 0.6) is 11.5 Å². The fraction of sp³-hybridized carbons (Fsp3) is 0.263. The van der Waals surface area contributed by atoms with Gasteiger partial charge in [0.2, 0.25) is 0 Å². The molecule has 1 unspecified atom stereocenters. The third kappa shape index (κ3) is 3.39. The molecule has 0 N–H and O–H groups in total. The molecule has 3 rings (SSSR count). The van der Waals surface area contributed by atoms with Crippen molar-refractivity contribution in [1.29, 1.82) is 5.26 Å². The molecule has 0 spiro atoms. The zero-order chi connectivity index (χ0) is 16.9. The van der Waals surface area contributed by atoms with Crippen LogP contribution in [0.4, 0.5) is 0 Å². The molecule has 2 aromatic rings. The molecule has 0 fully saturated rings. The molecule has 0 aromatic heterocycles. The fourth-order valence-corrected chi connectivity index (χ4v) is 2.78. The van der Waals surface area contributed by atoms with Gasteiger partial charge in [0.05, 0.1) is 37.9 Å². The molecule has 5 heteroatoms. The van der Waals surface area contributed by atoms with E-state index in [1.807, 2.05) is 24.3 Å². The van der Waals surface area contributed by atoms with E-state index in [9.17, 15) is 4.79 Å². The maximum atomic E-state index is 12.3. The summed E-state index contributed by atoms with van der Waals surface area (Å²) in [7, 11) is 1.47. The number of nitriles is 1. The molecule has 0 saturated carbocycles. The number of nitrogens with zero attached hydrogens (tertiary/aromatic N) is 1. The van der Waals surface area contributed by atoms with Crippen molar-refractivity contribution < 1.29 is 19.0 Å². The number of hydrogen-bond acceptors (Lipinski definition) is 5. The second kappa shape index (κ2) is 7.16. The van der Waals surface area contributed by atoms with Gasteiger partial charge in [0.1, 0.15) is 0 Å². The summed E-state index contributed by atoms with van der Waals surface area (Å²) >= 11 is 0. The van der Waals surface area contributed by atoms with E-state index in [2.05, 4.69) is 6.07 Å². The Hall–Kier alpha value is -2.84. The minimum absolute atomic E-state index is 0.125. The lowest BCUT2D eigenvalue weighted by Gasteiger charge is -2.25. The van der Waals surface area contributed by atoms with E-state index in [-0.39, 0.29) is 12.5 Å². The van der Waals surface area contributed by atoms with Crippen molar-refractivity contribution in [3.05, 3.63) is 59.2 Å². The monoisotopic (exact) mass is 323 g/mol. The largest absolute Gasteiger partial charge is 0.493 e. The summed E-state index contributed by atoms with van der Waals surface area (Å²) in [6.07, 6.45) is 0.678. The second-order valence-electron chi connectivity index (χ2n) is 5.46. The van der Waals surface area contributed by atoms with Gasteiger partial charge in [-0.2, -0.15) is 5.26 Å². The summed E-state index contributed by atoms with van der Waals surface area (Å²) in [5, 5.41) is 8.91. The van der Waals surface area contributed by atoms with Gasteiger partial charge in [0.15, 0.2) is 11.5 Å². The third-order valence-corrected chi connectivity index (χ3v) is 3.96. The van der Waals surface area contributed by atoms with E-state index in [4.69, 9.17) is 19.5 Å². The summed E-state index contributed by atoms with van der Waals surface area (Å²) in [5.41, 5.74) is 2.68. The summed E-state index contributed by atoms with van der Waals surface area (Å²) in [6.45, 7) is 0.592. The van der Waals surface area contributed by atoms with Crippen molar-refractivity contribution >= 4 is 5.97 Å². The third-order valence-electron chi connectivity index (χ3n) is 3.96. The Bertz CT molecular complexity index is 794. The highest BCUT2D eigenvalue weighted by Crippen LogP contribution is 2.32. The van der Waals surface area contributed by atoms with Crippen molar-refractivity contribution in [1.82, 2.24) is 0 Å². The van der Waals surface area contributed by atoms with Crippen LogP contribution in [0, 0.1) is 11.3 Å². The Kier molecular flexibility index (Phi) is 4.78. The maximum absolute atomic E-state index is 12.3. The normalized spacial score (nSPS) is 15.9. The van der Waals surface area contributed by atoms with Crippen LogP contribution in [-0.4, -0.2) is 19.7 Å². The molecule has 1 heterocycles. The van der Waals surface area contributed by atoms with Crippen LogP contribution < -0.4 is 9.47 Å². The molecule has 1 aliphatic heterocycles. The smallest absolute Gasteiger partial charge is 0.314 e. The van der Waals surface area contributed by atoms with E-state index in [0.29, 0.717) is 23.7 Å². The minimum Gasteiger partial charge on any atom is -0.493 e. The van der Waals surface area contributed by atoms with Gasteiger partial charge in [-0.1, -0.05) is 24.3 Å². The molecule has 24 heavy (non-hydrogen) atoms. The van der Waals surface area contributed by atoms with Gasteiger partial charge in [-0.3, -0.25) is 4.79 Å². The number of benzene rings is 2. The lowest BCUT2D eigenvalue weighted by Crippen LogP contribution is -2.21. The zero-order valence-corrected chi connectivity index (χ0v) is 13.3. The lowest BCUT2D eigenvalue weighted by atomic mass is 9.96. The average molecular weight is 323 g/mol. The first-order valence-corrected chi connectivity index (χ1v) is 7.69. The average Bonchev–Trinajstić information content (AvgIpc) is 2.62. The molecule has 1 aliphatic rings. The number of carbonyl (C=O) groups is 1. The minimum atomic E-state index is -0.403. The first kappa shape index (κ1) is 16.0. The van der Waals surface area contributed by atoms with Gasteiger partial charge in [0, 0.05) is 6.07 Å². The lowest BCUT2D eigenvalue weighted by molar-refractivity contribution is -0.138. The van der Waals surface area contributed by atoms with E-state index in [1.54, 1.807) is 12.1 Å². The molecule has 0 bridgehead atoms. The van der Waals surface area contributed by atoms with Gasteiger partial charge in [-0.15, -0.1) is 0 Å². The van der Waals surface area contributed by atoms with Crippen molar-refractivity contribution in [2.24, 2.45) is 0 Å². The number of rotatable bonds is 4. The van der Waals surface area contributed by atoms with Gasteiger partial charge >= 0.3 is 5.97 Å². The topological polar surface area (TPSA) is 68.5 Å². The molecule has 0 aliphatic carbocycles. The summed E-state index contributed by atoms with van der Waals surface area (Å²) in [4.78, 5) is 12.3. The number of fused-ring (bicyclic) bond motifs is 1. The fourth-order valence-electron chi connectivity index (χ4n) is 2.78. The molecule has 0 radical (unpaired) electrons. The molecule has 122 valence electrons. The van der Waals surface area contributed by atoms with Crippen LogP contribution >= 0.6 is 0 Å². The molecular weight excluding hydrogens is 306 g/mol. The Balaban J connectivity index is 1.72. The van der Waals surface area contributed by atoms with Crippen molar-refractivity contribution in [2.75, 3.05) is 13.7 Å². The summed E-state index contributed by atoms with van der Waals surface area (Å²) in [5.74, 6) is 0.248. The van der Waals surface area contributed by atoms with Crippen molar-refractivity contribution in [3.63, 3.8) is 0 Å². The van der Waals surface area contributed by atoms with Crippen molar-refractivity contribution in [3.8, 4) is 17.6 Å². The first-order chi connectivity index (χ1) is 11.7. The first-order valence-electron chi connectivity index (χ1n) is 7.69. The Morgan fingerprint density at radius 2 is 2.12 bits per heavy atom. The zero-order valence-electron chi connectivity index (χ0n) is 13.3. The molecule has 0 amide bonds. The number of esters is 1. The van der Waals surface area contributed by atoms with Crippen LogP contribution in [0.15, 0.2) is 42.5 Å². The Morgan fingerprint density at radius 1 is 1.29 bits per heavy atom. The molecular formula is C19H17NO4. The van der Waals surface area contributed by atoms with Gasteiger partial charge in [0.25, 0.3) is 0 Å². The van der Waals surface area contributed by atoms with E-state index >= 15 is 0 Å². The maximum Gasteiger partial charge on any atom is 0.314 e. The van der Waals surface area contributed by atoms with Gasteiger partial charge in [-0.05, 0) is 29.7 Å². The highest BCUT2D eigenvalue weighted by molar-refractivity contribution is 5.74. The van der Waals surface area contributed by atoms with Crippen LogP contribution in [0.25, 0.3) is 0 Å². The van der Waals surface area contributed by atoms with Crippen molar-refractivity contribution in [2.45, 2.75) is 18.9 Å². The standard InChI is InChI=1S/C19H17NO4/c1-22-18-10-13(12-20)6-7-16(18)24-19(21)11-17-15-5-3-2-4-14(15)8-9-23-17/h2-7,10,17H,8-9,11H2,1H3. The number of methoxy groups -OCH3 is 1. The number of hydrogen-bond donors (Lipinski definition) is 0. The predicted octanol–water partition coefficient (Wildman–Crippen LogP) is 3.18. The summed E-state index contributed by atoms with van der Waals surface area (Å²) in [6, 6.07) is 14.7. The molecule has 1 atom stereocenters. The van der Waals surface area contributed by atoms with Gasteiger partial charge in [-0.25, -0.2) is 0 Å². The highest BCUT2D eigenvalue weighted by Gasteiger charge is 2.24. The molecule has 0 saturated heterocycles. The predicted molar refractivity (Wildman–Crippen MR) is 86.8 cm³/mol. The van der Waals surface area contributed by atoms with Crippen LogP contribution in [0.1, 0.15) is 29.2 Å². The van der Waals surface area contributed by atoms with E-state index in [1.165, 1.54) is 18.7 Å². The number of carbonyl (C=O) groups excluding carboxylic acids is 1. The van der Waals surface area contributed by atoms with Crippen LogP contribution in [0.3, 0.4) is 0 Å². The van der Waals surface area contributed by atoms with Crippen LogP contribution in [-0.2, 0) is 16.0 Å². The van der Waals surface area contributed by atoms with Gasteiger partial charge < -0.3 is 14.2 Å². The molecule has 2 aromatic carbocycles. The number of ether oxygens (including phenoxy) is 3. The second-order valence-corrected chi connectivity index (χ2v) is 5.46. The van der Waals surface area contributed by atoms with E-state index < -0.39 is 5.97 Å². The molecule has 5 nitrogen and oxygen atoms in total. The van der Waals surface area contributed by atoms with E-state index in [0.717, 1.165) is 12.0 Å². The quantitative estimate of drug-likeness (QED) is 0.638. The van der Waals surface area contributed by atoms with Crippen LogP contribution in [0.2, 0.25) is 0 Å². The Labute approximate surface area is 140 Å².